The van der Waals surface area contributed by atoms with Crippen molar-refractivity contribution in [2.75, 3.05) is 7.11 Å². The lowest BCUT2D eigenvalue weighted by Crippen LogP contribution is -2.37. The molecular weight excluding hydrogens is 539 g/mol. The molecule has 39 heavy (non-hydrogen) atoms. The average Bonchev–Trinajstić information content (AvgIpc) is 3.35. The molecule has 0 atom stereocenters. The first-order valence-electron chi connectivity index (χ1n) is 11.6. The molecule has 0 aliphatic rings. The van der Waals surface area contributed by atoms with Gasteiger partial charge in [-0.3, -0.25) is 10.1 Å². The number of carbonyl (C=O) groups is 1. The summed E-state index contributed by atoms with van der Waals surface area (Å²) in [6, 6.07) is 23.6. The summed E-state index contributed by atoms with van der Waals surface area (Å²) in [7, 11) is 1.64. The number of nitrogens with zero attached hydrogens (tertiary/aromatic N) is 3. The van der Waals surface area contributed by atoms with Crippen molar-refractivity contribution in [3.05, 3.63) is 101 Å². The van der Waals surface area contributed by atoms with Crippen LogP contribution in [-0.2, 0) is 0 Å². The Labute approximate surface area is 233 Å². The van der Waals surface area contributed by atoms with Gasteiger partial charge in [0.05, 0.1) is 19.0 Å². The number of nitrogens with two attached hydrogens (primary N) is 2. The average molecular weight is 561 g/mol. The van der Waals surface area contributed by atoms with Gasteiger partial charge in [-0.25, -0.2) is 4.68 Å². The van der Waals surface area contributed by atoms with Crippen molar-refractivity contribution in [3.63, 3.8) is 0 Å². The van der Waals surface area contributed by atoms with Gasteiger partial charge in [0.1, 0.15) is 17.2 Å². The highest BCUT2D eigenvalue weighted by Crippen LogP contribution is 2.38. The fourth-order valence-corrected chi connectivity index (χ4v) is 4.56. The fraction of sp³-hybridized carbons (Fsp3) is 0.0357. The highest BCUT2D eigenvalue weighted by atomic mass is 35.5. The van der Waals surface area contributed by atoms with Crippen molar-refractivity contribution in [1.82, 2.24) is 15.1 Å². The van der Waals surface area contributed by atoms with Gasteiger partial charge in [-0.05, 0) is 71.4 Å². The van der Waals surface area contributed by atoms with Crippen molar-refractivity contribution < 1.29 is 14.3 Å². The number of fused-ring (bicyclic) bond motifs is 1. The van der Waals surface area contributed by atoms with Crippen LogP contribution in [0.1, 0.15) is 10.4 Å². The molecule has 5 N–H and O–H groups in total. The zero-order valence-electron chi connectivity index (χ0n) is 20.6. The number of rotatable bonds is 6. The van der Waals surface area contributed by atoms with Crippen molar-refractivity contribution in [2.45, 2.75) is 0 Å². The van der Waals surface area contributed by atoms with Crippen LogP contribution in [0.5, 0.6) is 17.2 Å². The summed E-state index contributed by atoms with van der Waals surface area (Å²) in [4.78, 5) is 12.3. The van der Waals surface area contributed by atoms with Gasteiger partial charge in [-0.2, -0.15) is 5.10 Å². The van der Waals surface area contributed by atoms with Gasteiger partial charge in [-0.15, -0.1) is 5.10 Å². The van der Waals surface area contributed by atoms with Crippen LogP contribution in [0, 0.1) is 0 Å². The van der Waals surface area contributed by atoms with Crippen LogP contribution in [0.25, 0.3) is 27.7 Å². The molecule has 196 valence electrons. The molecule has 4 aromatic carbocycles. The molecule has 0 fully saturated rings. The standard InChI is InChI=1S/C28H22Cl2N6O3/c1-38-24-9-6-17-10-19(3-2-18(17)11-24)26-25(15-33-36(26)22-13-20(29)12-21(30)14-22)39-23-7-4-16(5-8-23)27(37)34-28(31)35-32/h2-15H,32H2,1H3,(H3,31,34,35,37). The number of hydrogen-bond acceptors (Lipinski definition) is 6. The maximum absolute atomic E-state index is 12.3. The molecule has 5 aromatic rings. The molecule has 0 aliphatic carbocycles. The number of carbonyl (C=O) groups excluding carboxylic acids is 1. The third-order valence-electron chi connectivity index (χ3n) is 5.87. The van der Waals surface area contributed by atoms with E-state index in [-0.39, 0.29) is 5.96 Å². The fourth-order valence-electron chi connectivity index (χ4n) is 4.05. The van der Waals surface area contributed by atoms with E-state index in [2.05, 4.69) is 15.5 Å². The van der Waals surface area contributed by atoms with E-state index < -0.39 is 5.91 Å². The predicted molar refractivity (Wildman–Crippen MR) is 153 cm³/mol. The van der Waals surface area contributed by atoms with E-state index in [0.29, 0.717) is 38.5 Å². The normalized spacial score (nSPS) is 11.4. The SMILES string of the molecule is COc1ccc2cc(-c3c(Oc4ccc(C(=O)N/C(N)=N/N)cc4)cnn3-c3cc(Cl)cc(Cl)c3)ccc2c1. The Morgan fingerprint density at radius 1 is 0.923 bits per heavy atom. The molecule has 0 spiro atoms. The first kappa shape index (κ1) is 25.9. The van der Waals surface area contributed by atoms with E-state index in [1.54, 1.807) is 60.5 Å². The molecule has 9 nitrogen and oxygen atoms in total. The molecule has 11 heteroatoms. The quantitative estimate of drug-likeness (QED) is 0.105. The monoisotopic (exact) mass is 560 g/mol. The Kier molecular flexibility index (Phi) is 7.27. The van der Waals surface area contributed by atoms with Crippen molar-refractivity contribution >= 4 is 45.8 Å². The second-order valence-corrected chi connectivity index (χ2v) is 9.29. The predicted octanol–water partition coefficient (Wildman–Crippen LogP) is 5.72. The van der Waals surface area contributed by atoms with Gasteiger partial charge in [-0.1, -0.05) is 41.4 Å². The minimum absolute atomic E-state index is 0.188. The lowest BCUT2D eigenvalue weighted by molar-refractivity contribution is 0.0976. The van der Waals surface area contributed by atoms with Gasteiger partial charge in [0.25, 0.3) is 5.91 Å². The van der Waals surface area contributed by atoms with E-state index >= 15 is 0 Å². The Morgan fingerprint density at radius 2 is 1.59 bits per heavy atom. The number of halogens is 2. The van der Waals surface area contributed by atoms with Crippen LogP contribution in [0.2, 0.25) is 10.0 Å². The largest absolute Gasteiger partial charge is 0.497 e. The lowest BCUT2D eigenvalue weighted by Gasteiger charge is -2.13. The summed E-state index contributed by atoms with van der Waals surface area (Å²) < 4.78 is 13.3. The molecule has 0 saturated heterocycles. The zero-order chi connectivity index (χ0) is 27.5. The topological polar surface area (TPSA) is 130 Å². The highest BCUT2D eigenvalue weighted by Gasteiger charge is 2.18. The third kappa shape index (κ3) is 5.59. The molecule has 0 bridgehead atoms. The van der Waals surface area contributed by atoms with E-state index in [1.165, 1.54) is 0 Å². The molecule has 1 heterocycles. The van der Waals surface area contributed by atoms with Crippen molar-refractivity contribution in [3.8, 4) is 34.2 Å². The van der Waals surface area contributed by atoms with Crippen LogP contribution >= 0.6 is 23.2 Å². The number of aromatic nitrogens is 2. The summed E-state index contributed by atoms with van der Waals surface area (Å²) in [6.07, 6.45) is 1.61. The second-order valence-electron chi connectivity index (χ2n) is 8.42. The number of nitrogens with one attached hydrogen (secondary N) is 1. The summed E-state index contributed by atoms with van der Waals surface area (Å²) >= 11 is 12.6. The van der Waals surface area contributed by atoms with E-state index in [4.69, 9.17) is 44.3 Å². The van der Waals surface area contributed by atoms with E-state index in [0.717, 1.165) is 22.1 Å². The number of methoxy groups -OCH3 is 1. The molecule has 5 rings (SSSR count). The second kappa shape index (κ2) is 10.9. The van der Waals surface area contributed by atoms with E-state index in [1.807, 2.05) is 36.4 Å². The number of amides is 1. The van der Waals surface area contributed by atoms with Crippen molar-refractivity contribution in [1.29, 1.82) is 0 Å². The maximum atomic E-state index is 12.3. The molecule has 0 saturated carbocycles. The molecule has 0 unspecified atom stereocenters. The van der Waals surface area contributed by atoms with Gasteiger partial charge in [0.15, 0.2) is 5.75 Å². The zero-order valence-corrected chi connectivity index (χ0v) is 22.1. The molecule has 1 aromatic heterocycles. The van der Waals surface area contributed by atoms with Gasteiger partial charge in [0, 0.05) is 21.2 Å². The maximum Gasteiger partial charge on any atom is 0.257 e. The Morgan fingerprint density at radius 3 is 2.28 bits per heavy atom. The molecule has 0 radical (unpaired) electrons. The summed E-state index contributed by atoms with van der Waals surface area (Å²) in [5.74, 6) is 6.18. The van der Waals surface area contributed by atoms with Crippen LogP contribution in [-0.4, -0.2) is 28.8 Å². The van der Waals surface area contributed by atoms with Crippen LogP contribution in [0.4, 0.5) is 0 Å². The van der Waals surface area contributed by atoms with Crippen molar-refractivity contribution in [2.24, 2.45) is 16.7 Å². The number of guanidine groups is 1. The van der Waals surface area contributed by atoms with Crippen LogP contribution in [0.15, 0.2) is 90.2 Å². The lowest BCUT2D eigenvalue weighted by atomic mass is 10.0. The summed E-state index contributed by atoms with van der Waals surface area (Å²) in [6.45, 7) is 0. The highest BCUT2D eigenvalue weighted by molar-refractivity contribution is 6.34. The summed E-state index contributed by atoms with van der Waals surface area (Å²) in [5.41, 5.74) is 8.02. The van der Waals surface area contributed by atoms with Gasteiger partial charge >= 0.3 is 0 Å². The van der Waals surface area contributed by atoms with Crippen LogP contribution < -0.4 is 26.4 Å². The molecule has 1 amide bonds. The van der Waals surface area contributed by atoms with E-state index in [9.17, 15) is 4.79 Å². The minimum Gasteiger partial charge on any atom is -0.497 e. The minimum atomic E-state index is -0.451. The number of ether oxygens (including phenoxy) is 2. The Bertz CT molecular complexity index is 1700. The number of hydrogen-bond donors (Lipinski definition) is 3. The Hall–Kier alpha value is -4.73. The first-order chi connectivity index (χ1) is 18.8. The van der Waals surface area contributed by atoms with Gasteiger partial charge < -0.3 is 21.1 Å². The Balaban J connectivity index is 1.56. The third-order valence-corrected chi connectivity index (χ3v) is 6.31. The number of hydrazone groups is 1. The smallest absolute Gasteiger partial charge is 0.257 e. The van der Waals surface area contributed by atoms with Gasteiger partial charge in [0.2, 0.25) is 5.96 Å². The number of benzene rings is 4. The first-order valence-corrected chi connectivity index (χ1v) is 12.4. The molecule has 0 aliphatic heterocycles. The van der Waals surface area contributed by atoms with Crippen LogP contribution in [0.3, 0.4) is 0 Å². The summed E-state index contributed by atoms with van der Waals surface area (Å²) in [5, 5.41) is 13.2. The molecular formula is C28H22Cl2N6O3.